The molecule has 4 rings (SSSR count). The van der Waals surface area contributed by atoms with Gasteiger partial charge in [-0.2, -0.15) is 0 Å². The summed E-state index contributed by atoms with van der Waals surface area (Å²) in [6, 6.07) is 20.1. The maximum atomic E-state index is 12.8. The number of methoxy groups -OCH3 is 1. The van der Waals surface area contributed by atoms with Crippen molar-refractivity contribution in [1.82, 2.24) is 5.32 Å². The standard InChI is InChI=1S/C22H18N2O4/c1-26-20-11-5-3-9-18(20)24-22-17(13-15-7-2-4-10-19(15)28-22)21(25)23-14-16-8-6-12-27-16/h2-13H,14H2,1H3,(H,23,25). The van der Waals surface area contributed by atoms with Gasteiger partial charge in [0.2, 0.25) is 5.55 Å². The number of benzene rings is 2. The van der Waals surface area contributed by atoms with E-state index < -0.39 is 0 Å². The summed E-state index contributed by atoms with van der Waals surface area (Å²) in [5, 5.41) is 3.65. The highest BCUT2D eigenvalue weighted by Crippen LogP contribution is 2.26. The van der Waals surface area contributed by atoms with Gasteiger partial charge in [-0.15, -0.1) is 0 Å². The van der Waals surface area contributed by atoms with Crippen LogP contribution in [0, 0.1) is 0 Å². The van der Waals surface area contributed by atoms with E-state index in [0.717, 1.165) is 5.39 Å². The molecule has 0 saturated heterocycles. The summed E-state index contributed by atoms with van der Waals surface area (Å²) < 4.78 is 16.6. The Balaban J connectivity index is 1.80. The molecular weight excluding hydrogens is 356 g/mol. The fourth-order valence-corrected chi connectivity index (χ4v) is 2.82. The summed E-state index contributed by atoms with van der Waals surface area (Å²) in [5.41, 5.74) is 1.75. The number of fused-ring (bicyclic) bond motifs is 1. The van der Waals surface area contributed by atoms with Crippen LogP contribution in [0.2, 0.25) is 0 Å². The lowest BCUT2D eigenvalue weighted by Gasteiger charge is -2.07. The van der Waals surface area contributed by atoms with Gasteiger partial charge in [0.05, 0.1) is 19.9 Å². The highest BCUT2D eigenvalue weighted by atomic mass is 16.5. The van der Waals surface area contributed by atoms with Gasteiger partial charge in [-0.05, 0) is 36.4 Å². The third-order valence-corrected chi connectivity index (χ3v) is 4.21. The van der Waals surface area contributed by atoms with E-state index >= 15 is 0 Å². The van der Waals surface area contributed by atoms with Gasteiger partial charge in [0.15, 0.2) is 0 Å². The second-order valence-electron chi connectivity index (χ2n) is 6.05. The van der Waals surface area contributed by atoms with Crippen LogP contribution in [0.25, 0.3) is 11.0 Å². The molecular formula is C22H18N2O4. The highest BCUT2D eigenvalue weighted by Gasteiger charge is 2.13. The fourth-order valence-electron chi connectivity index (χ4n) is 2.82. The normalized spacial score (nSPS) is 11.5. The quantitative estimate of drug-likeness (QED) is 0.568. The Morgan fingerprint density at radius 3 is 2.71 bits per heavy atom. The van der Waals surface area contributed by atoms with Gasteiger partial charge in [-0.1, -0.05) is 30.3 Å². The first kappa shape index (κ1) is 17.6. The van der Waals surface area contributed by atoms with Crippen LogP contribution in [0.1, 0.15) is 16.1 Å². The molecule has 28 heavy (non-hydrogen) atoms. The molecule has 0 bridgehead atoms. The first-order valence-corrected chi connectivity index (χ1v) is 8.76. The lowest BCUT2D eigenvalue weighted by atomic mass is 10.1. The second kappa shape index (κ2) is 7.84. The van der Waals surface area contributed by atoms with E-state index in [1.165, 1.54) is 0 Å². The average Bonchev–Trinajstić information content (AvgIpc) is 3.25. The van der Waals surface area contributed by atoms with Crippen LogP contribution in [0.15, 0.2) is 86.8 Å². The molecule has 6 heteroatoms. The van der Waals surface area contributed by atoms with Gasteiger partial charge >= 0.3 is 0 Å². The number of nitrogens with zero attached hydrogens (tertiary/aromatic N) is 1. The minimum absolute atomic E-state index is 0.208. The monoisotopic (exact) mass is 374 g/mol. The summed E-state index contributed by atoms with van der Waals surface area (Å²) in [6.45, 7) is 0.271. The Kier molecular flexibility index (Phi) is 4.93. The van der Waals surface area contributed by atoms with Gasteiger partial charge in [0.1, 0.15) is 28.3 Å². The number of amides is 1. The molecule has 0 radical (unpaired) electrons. The highest BCUT2D eigenvalue weighted by molar-refractivity contribution is 5.96. The molecule has 0 unspecified atom stereocenters. The Labute approximate surface area is 161 Å². The number of carbonyl (C=O) groups excluding carboxylic acids is 1. The van der Waals surface area contributed by atoms with Crippen molar-refractivity contribution in [2.24, 2.45) is 4.99 Å². The summed E-state index contributed by atoms with van der Waals surface area (Å²) in [6.07, 6.45) is 1.56. The van der Waals surface area contributed by atoms with E-state index in [9.17, 15) is 4.79 Å². The minimum atomic E-state index is -0.306. The van der Waals surface area contributed by atoms with Gasteiger partial charge < -0.3 is 18.9 Å². The third-order valence-electron chi connectivity index (χ3n) is 4.21. The van der Waals surface area contributed by atoms with Crippen LogP contribution in [0.5, 0.6) is 5.75 Å². The van der Waals surface area contributed by atoms with Crippen molar-refractivity contribution in [2.75, 3.05) is 7.11 Å². The van der Waals surface area contributed by atoms with Crippen LogP contribution in [0.3, 0.4) is 0 Å². The number of nitrogens with one attached hydrogen (secondary N) is 1. The first-order valence-electron chi connectivity index (χ1n) is 8.76. The van der Waals surface area contributed by atoms with Gasteiger partial charge in [-0.3, -0.25) is 4.79 Å². The number of rotatable bonds is 5. The molecule has 2 aromatic carbocycles. The third kappa shape index (κ3) is 3.66. The van der Waals surface area contributed by atoms with Gasteiger partial charge in [0.25, 0.3) is 5.91 Å². The van der Waals surface area contributed by atoms with E-state index in [2.05, 4.69) is 10.3 Å². The number of hydrogen-bond acceptors (Lipinski definition) is 5. The van der Waals surface area contributed by atoms with E-state index in [1.54, 1.807) is 43.7 Å². The second-order valence-corrected chi connectivity index (χ2v) is 6.05. The zero-order valence-electron chi connectivity index (χ0n) is 15.2. The molecule has 0 fully saturated rings. The molecule has 0 atom stereocenters. The summed E-state index contributed by atoms with van der Waals surface area (Å²) >= 11 is 0. The SMILES string of the molecule is COc1ccccc1N=c1oc2ccccc2cc1C(=O)NCc1ccco1. The van der Waals surface area contributed by atoms with Crippen LogP contribution in [0.4, 0.5) is 5.69 Å². The first-order chi connectivity index (χ1) is 13.7. The van der Waals surface area contributed by atoms with Crippen LogP contribution >= 0.6 is 0 Å². The van der Waals surface area contributed by atoms with Crippen molar-refractivity contribution in [3.05, 3.63) is 89.9 Å². The van der Waals surface area contributed by atoms with Gasteiger partial charge in [-0.25, -0.2) is 4.99 Å². The molecule has 0 saturated carbocycles. The number of carbonyl (C=O) groups is 1. The van der Waals surface area contributed by atoms with Crippen LogP contribution < -0.4 is 15.6 Å². The van der Waals surface area contributed by atoms with E-state index in [-0.39, 0.29) is 18.0 Å². The summed E-state index contributed by atoms with van der Waals surface area (Å²) in [4.78, 5) is 17.4. The van der Waals surface area contributed by atoms with E-state index in [1.807, 2.05) is 36.4 Å². The molecule has 0 aliphatic carbocycles. The van der Waals surface area contributed by atoms with Crippen molar-refractivity contribution in [3.8, 4) is 5.75 Å². The summed E-state index contributed by atoms with van der Waals surface area (Å²) in [7, 11) is 1.57. The van der Waals surface area contributed by atoms with Crippen molar-refractivity contribution in [3.63, 3.8) is 0 Å². The molecule has 2 aromatic heterocycles. The molecule has 2 heterocycles. The predicted octanol–water partition coefficient (Wildman–Crippen LogP) is 4.20. The van der Waals surface area contributed by atoms with Crippen LogP contribution in [-0.4, -0.2) is 13.0 Å². The largest absolute Gasteiger partial charge is 0.494 e. The van der Waals surface area contributed by atoms with Crippen LogP contribution in [-0.2, 0) is 6.54 Å². The topological polar surface area (TPSA) is 77.0 Å². The fraction of sp³-hybridized carbons (Fsp3) is 0.0909. The summed E-state index contributed by atoms with van der Waals surface area (Å²) in [5.74, 6) is 0.946. The number of hydrogen-bond donors (Lipinski definition) is 1. The van der Waals surface area contributed by atoms with Crippen molar-refractivity contribution < 1.29 is 18.4 Å². The predicted molar refractivity (Wildman–Crippen MR) is 104 cm³/mol. The minimum Gasteiger partial charge on any atom is -0.494 e. The maximum absolute atomic E-state index is 12.8. The lowest BCUT2D eigenvalue weighted by Crippen LogP contribution is -2.28. The van der Waals surface area contributed by atoms with Crippen molar-refractivity contribution in [1.29, 1.82) is 0 Å². The number of para-hydroxylation sites is 3. The molecule has 1 N–H and O–H groups in total. The smallest absolute Gasteiger partial charge is 0.257 e. The molecule has 4 aromatic rings. The number of furan rings is 1. The molecule has 1 amide bonds. The Bertz CT molecular complexity index is 1180. The molecule has 6 nitrogen and oxygen atoms in total. The average molecular weight is 374 g/mol. The lowest BCUT2D eigenvalue weighted by molar-refractivity contribution is 0.0944. The molecule has 0 spiro atoms. The van der Waals surface area contributed by atoms with E-state index in [4.69, 9.17) is 13.6 Å². The zero-order chi connectivity index (χ0) is 19.3. The Morgan fingerprint density at radius 1 is 1.07 bits per heavy atom. The van der Waals surface area contributed by atoms with Gasteiger partial charge in [0, 0.05) is 5.39 Å². The molecule has 0 aliphatic rings. The van der Waals surface area contributed by atoms with Crippen molar-refractivity contribution >= 4 is 22.6 Å². The molecule has 140 valence electrons. The number of ether oxygens (including phenoxy) is 1. The maximum Gasteiger partial charge on any atom is 0.257 e. The van der Waals surface area contributed by atoms with E-state index in [0.29, 0.717) is 28.3 Å². The molecule has 0 aliphatic heterocycles. The zero-order valence-corrected chi connectivity index (χ0v) is 15.2. The Morgan fingerprint density at radius 2 is 1.89 bits per heavy atom. The Hall–Kier alpha value is -3.80. The van der Waals surface area contributed by atoms with Crippen molar-refractivity contribution in [2.45, 2.75) is 6.54 Å².